The first-order chi connectivity index (χ1) is 16.5. The molecule has 8 nitrogen and oxygen atoms in total. The summed E-state index contributed by atoms with van der Waals surface area (Å²) >= 11 is 0. The maximum Gasteiger partial charge on any atom is 0.305 e. The third-order valence-electron chi connectivity index (χ3n) is 5.80. The number of carbonyl (C=O) groups is 2. The molecule has 1 amide bonds. The highest BCUT2D eigenvalue weighted by molar-refractivity contribution is 5.94. The standard InChI is InChI=1S/C26H28N4O4/c27-23-16-21(6-7-24(23)29-11-13-34-14-12-29)20-4-1-3-19(15-20)18-30(10-8-25(31)32)26(33)22-5-2-9-28-17-22/h1-7,9,15-17H,8,10-14,18,27H2,(H,31,32). The molecular formula is C26H28N4O4. The molecule has 1 aromatic heterocycles. The topological polar surface area (TPSA) is 109 Å². The molecule has 1 saturated heterocycles. The van der Waals surface area contributed by atoms with Crippen molar-refractivity contribution in [1.29, 1.82) is 0 Å². The SMILES string of the molecule is Nc1cc(-c2cccc(CN(CCC(=O)O)C(=O)c3cccnc3)c2)ccc1N1CCOCC1. The van der Waals surface area contributed by atoms with E-state index in [1.807, 2.05) is 42.5 Å². The van der Waals surface area contributed by atoms with E-state index < -0.39 is 5.97 Å². The number of ether oxygens (including phenoxy) is 1. The van der Waals surface area contributed by atoms with Crippen molar-refractivity contribution in [2.24, 2.45) is 0 Å². The Bertz CT molecular complexity index is 1150. The van der Waals surface area contributed by atoms with E-state index in [1.54, 1.807) is 23.2 Å². The van der Waals surface area contributed by atoms with Gasteiger partial charge >= 0.3 is 5.97 Å². The van der Waals surface area contributed by atoms with Crippen LogP contribution in [0.3, 0.4) is 0 Å². The van der Waals surface area contributed by atoms with Crippen LogP contribution in [0.4, 0.5) is 11.4 Å². The number of nitrogen functional groups attached to an aromatic ring is 1. The zero-order chi connectivity index (χ0) is 23.9. The van der Waals surface area contributed by atoms with E-state index >= 15 is 0 Å². The minimum Gasteiger partial charge on any atom is -0.481 e. The number of rotatable bonds is 8. The number of hydrogen-bond acceptors (Lipinski definition) is 6. The van der Waals surface area contributed by atoms with Crippen molar-refractivity contribution in [3.05, 3.63) is 78.1 Å². The highest BCUT2D eigenvalue weighted by atomic mass is 16.5. The Balaban J connectivity index is 1.54. The van der Waals surface area contributed by atoms with E-state index in [0.717, 1.165) is 35.5 Å². The Morgan fingerprint density at radius 3 is 2.56 bits per heavy atom. The number of pyridine rings is 1. The molecule has 4 rings (SSSR count). The lowest BCUT2D eigenvalue weighted by molar-refractivity contribution is -0.137. The van der Waals surface area contributed by atoms with Crippen molar-refractivity contribution in [3.63, 3.8) is 0 Å². The molecule has 0 saturated carbocycles. The molecule has 1 fully saturated rings. The molecule has 0 atom stereocenters. The van der Waals surface area contributed by atoms with Gasteiger partial charge in [0.2, 0.25) is 0 Å². The number of benzene rings is 2. The second-order valence-corrected chi connectivity index (χ2v) is 8.19. The van der Waals surface area contributed by atoms with Crippen molar-refractivity contribution in [2.45, 2.75) is 13.0 Å². The Hall–Kier alpha value is -3.91. The van der Waals surface area contributed by atoms with Crippen LogP contribution in [-0.4, -0.2) is 59.7 Å². The van der Waals surface area contributed by atoms with Gasteiger partial charge in [0, 0.05) is 38.6 Å². The number of carboxylic acid groups (broad SMARTS) is 1. The largest absolute Gasteiger partial charge is 0.481 e. The lowest BCUT2D eigenvalue weighted by Gasteiger charge is -2.30. The number of nitrogens with zero attached hydrogens (tertiary/aromatic N) is 3. The predicted octanol–water partition coefficient (Wildman–Crippen LogP) is 3.28. The molecule has 8 heteroatoms. The van der Waals surface area contributed by atoms with Crippen LogP contribution in [0.15, 0.2) is 67.0 Å². The average Bonchev–Trinajstić information content (AvgIpc) is 2.87. The fourth-order valence-corrected chi connectivity index (χ4v) is 4.05. The number of hydrogen-bond donors (Lipinski definition) is 2. The molecule has 0 spiro atoms. The van der Waals surface area contributed by atoms with Gasteiger partial charge in [-0.15, -0.1) is 0 Å². The molecule has 0 aliphatic carbocycles. The van der Waals surface area contributed by atoms with Crippen molar-refractivity contribution in [1.82, 2.24) is 9.88 Å². The number of carbonyl (C=O) groups excluding carboxylic acids is 1. The summed E-state index contributed by atoms with van der Waals surface area (Å²) in [5.41, 5.74) is 11.4. The van der Waals surface area contributed by atoms with Crippen LogP contribution in [0, 0.1) is 0 Å². The highest BCUT2D eigenvalue weighted by Gasteiger charge is 2.18. The molecule has 176 valence electrons. The number of nitrogens with two attached hydrogens (primary N) is 1. The summed E-state index contributed by atoms with van der Waals surface area (Å²) in [6, 6.07) is 17.3. The fourth-order valence-electron chi connectivity index (χ4n) is 4.05. The van der Waals surface area contributed by atoms with Crippen molar-refractivity contribution < 1.29 is 19.4 Å². The molecule has 0 unspecified atom stereocenters. The van der Waals surface area contributed by atoms with Crippen LogP contribution in [-0.2, 0) is 16.1 Å². The molecule has 2 heterocycles. The third kappa shape index (κ3) is 5.71. The Morgan fingerprint density at radius 2 is 1.85 bits per heavy atom. The minimum atomic E-state index is -0.950. The summed E-state index contributed by atoms with van der Waals surface area (Å²) in [5, 5.41) is 9.14. The quantitative estimate of drug-likeness (QED) is 0.497. The predicted molar refractivity (Wildman–Crippen MR) is 131 cm³/mol. The van der Waals surface area contributed by atoms with E-state index in [0.29, 0.717) is 24.5 Å². The van der Waals surface area contributed by atoms with Crippen molar-refractivity contribution >= 4 is 23.3 Å². The van der Waals surface area contributed by atoms with E-state index in [1.165, 1.54) is 6.20 Å². The Labute approximate surface area is 198 Å². The summed E-state index contributed by atoms with van der Waals surface area (Å²) in [5.74, 6) is -1.20. The molecule has 34 heavy (non-hydrogen) atoms. The van der Waals surface area contributed by atoms with Crippen LogP contribution >= 0.6 is 0 Å². The fraction of sp³-hybridized carbons (Fsp3) is 0.269. The van der Waals surface area contributed by atoms with Crippen LogP contribution in [0.25, 0.3) is 11.1 Å². The van der Waals surface area contributed by atoms with Crippen LogP contribution in [0.1, 0.15) is 22.3 Å². The number of amides is 1. The molecule has 3 aromatic rings. The second kappa shape index (κ2) is 10.8. The van der Waals surface area contributed by atoms with E-state index in [-0.39, 0.29) is 25.4 Å². The van der Waals surface area contributed by atoms with Crippen LogP contribution < -0.4 is 10.6 Å². The lowest BCUT2D eigenvalue weighted by Crippen LogP contribution is -2.36. The van der Waals surface area contributed by atoms with Gasteiger partial charge in [0.25, 0.3) is 5.91 Å². The monoisotopic (exact) mass is 460 g/mol. The smallest absolute Gasteiger partial charge is 0.305 e. The van der Waals surface area contributed by atoms with Gasteiger partial charge in [-0.1, -0.05) is 24.3 Å². The number of anilines is 2. The number of carboxylic acids is 1. The molecule has 2 aromatic carbocycles. The number of aliphatic carboxylic acids is 1. The second-order valence-electron chi connectivity index (χ2n) is 8.19. The van der Waals surface area contributed by atoms with Crippen LogP contribution in [0.5, 0.6) is 0 Å². The van der Waals surface area contributed by atoms with E-state index in [4.69, 9.17) is 15.6 Å². The minimum absolute atomic E-state index is 0.106. The van der Waals surface area contributed by atoms with E-state index in [2.05, 4.69) is 9.88 Å². The zero-order valence-corrected chi connectivity index (χ0v) is 18.9. The summed E-state index contributed by atoms with van der Waals surface area (Å²) in [6.07, 6.45) is 2.95. The molecular weight excluding hydrogens is 432 g/mol. The average molecular weight is 461 g/mol. The summed E-state index contributed by atoms with van der Waals surface area (Å²) in [4.78, 5) is 31.9. The zero-order valence-electron chi connectivity index (χ0n) is 18.9. The van der Waals surface area contributed by atoms with Gasteiger partial charge in [0.05, 0.1) is 36.6 Å². The van der Waals surface area contributed by atoms with Crippen molar-refractivity contribution in [2.75, 3.05) is 43.5 Å². The molecule has 3 N–H and O–H groups in total. The van der Waals surface area contributed by atoms with Gasteiger partial charge in [-0.3, -0.25) is 14.6 Å². The maximum absolute atomic E-state index is 13.0. The summed E-state index contributed by atoms with van der Waals surface area (Å²) in [7, 11) is 0. The first kappa shape index (κ1) is 23.3. The number of morpholine rings is 1. The van der Waals surface area contributed by atoms with Crippen LogP contribution in [0.2, 0.25) is 0 Å². The Kier molecular flexibility index (Phi) is 7.39. The van der Waals surface area contributed by atoms with E-state index in [9.17, 15) is 9.59 Å². The molecule has 1 aliphatic rings. The van der Waals surface area contributed by atoms with Gasteiger partial charge in [-0.05, 0) is 47.0 Å². The van der Waals surface area contributed by atoms with Gasteiger partial charge < -0.3 is 25.4 Å². The van der Waals surface area contributed by atoms with Crippen molar-refractivity contribution in [3.8, 4) is 11.1 Å². The normalized spacial score (nSPS) is 13.5. The van der Waals surface area contributed by atoms with Gasteiger partial charge in [0.1, 0.15) is 0 Å². The maximum atomic E-state index is 13.0. The van der Waals surface area contributed by atoms with Gasteiger partial charge in [-0.25, -0.2) is 0 Å². The summed E-state index contributed by atoms with van der Waals surface area (Å²) < 4.78 is 5.43. The lowest BCUT2D eigenvalue weighted by atomic mass is 10.0. The van der Waals surface area contributed by atoms with Gasteiger partial charge in [-0.2, -0.15) is 0 Å². The highest BCUT2D eigenvalue weighted by Crippen LogP contribution is 2.30. The van der Waals surface area contributed by atoms with Gasteiger partial charge in [0.15, 0.2) is 0 Å². The number of aromatic nitrogens is 1. The molecule has 0 radical (unpaired) electrons. The first-order valence-corrected chi connectivity index (χ1v) is 11.2. The molecule has 0 bridgehead atoms. The third-order valence-corrected chi connectivity index (χ3v) is 5.80. The molecule has 1 aliphatic heterocycles. The Morgan fingerprint density at radius 1 is 1.06 bits per heavy atom. The summed E-state index contributed by atoms with van der Waals surface area (Å²) in [6.45, 7) is 3.41. The first-order valence-electron chi connectivity index (χ1n) is 11.2.